The Morgan fingerprint density at radius 3 is 2.53 bits per heavy atom. The van der Waals surface area contributed by atoms with Gasteiger partial charge in [0.2, 0.25) is 10.0 Å². The molecule has 6 heteroatoms. The van der Waals surface area contributed by atoms with Crippen molar-refractivity contribution in [2.45, 2.75) is 25.2 Å². The predicted molar refractivity (Wildman–Crippen MR) is 75.4 cm³/mol. The average Bonchev–Trinajstić information content (AvgIpc) is 2.35. The highest BCUT2D eigenvalue weighted by Gasteiger charge is 2.23. The predicted octanol–water partition coefficient (Wildman–Crippen LogP) is 2.88. The lowest BCUT2D eigenvalue weighted by Gasteiger charge is -2.19. The first-order valence-corrected chi connectivity index (χ1v) is 7.77. The van der Waals surface area contributed by atoms with E-state index in [4.69, 9.17) is 16.9 Å². The fraction of sp³-hybridized carbons (Fsp3) is 0.462. The molecule has 104 valence electrons. The van der Waals surface area contributed by atoms with Gasteiger partial charge in [0.05, 0.1) is 16.7 Å². The summed E-state index contributed by atoms with van der Waals surface area (Å²) in [5.41, 5.74) is 0.341. The average molecular weight is 301 g/mol. The molecule has 0 aliphatic carbocycles. The van der Waals surface area contributed by atoms with Gasteiger partial charge in [-0.15, -0.1) is 0 Å². The Morgan fingerprint density at radius 1 is 1.42 bits per heavy atom. The summed E-state index contributed by atoms with van der Waals surface area (Å²) in [6.45, 7) is 4.51. The van der Waals surface area contributed by atoms with Crippen LogP contribution >= 0.6 is 11.6 Å². The van der Waals surface area contributed by atoms with Crippen molar-refractivity contribution >= 4 is 21.6 Å². The maximum Gasteiger partial charge on any atom is 0.244 e. The van der Waals surface area contributed by atoms with Crippen LogP contribution in [0.4, 0.5) is 0 Å². The molecule has 0 aliphatic rings. The first-order valence-electron chi connectivity index (χ1n) is 5.95. The van der Waals surface area contributed by atoms with Crippen molar-refractivity contribution in [2.24, 2.45) is 5.92 Å². The van der Waals surface area contributed by atoms with Gasteiger partial charge in [0.15, 0.2) is 0 Å². The summed E-state index contributed by atoms with van der Waals surface area (Å²) in [5, 5.41) is 8.82. The van der Waals surface area contributed by atoms with Crippen molar-refractivity contribution < 1.29 is 8.42 Å². The zero-order valence-corrected chi connectivity index (χ0v) is 12.8. The molecular formula is C13H17ClN2O2S. The monoisotopic (exact) mass is 300 g/mol. The first kappa shape index (κ1) is 16.0. The molecule has 0 bridgehead atoms. The second-order valence-corrected chi connectivity index (χ2v) is 7.19. The van der Waals surface area contributed by atoms with Crippen LogP contribution in [0.3, 0.4) is 0 Å². The standard InChI is InChI=1S/C13H17ClN2O2S/c1-10(2)6-7-16(3)19(17,18)13-5-4-11(9-15)8-12(13)14/h4-5,8,10H,6-7H2,1-3H3. The Balaban J connectivity index is 3.04. The number of nitrogens with zero attached hydrogens (tertiary/aromatic N) is 2. The van der Waals surface area contributed by atoms with Gasteiger partial charge in [0, 0.05) is 13.6 Å². The highest BCUT2D eigenvalue weighted by Crippen LogP contribution is 2.25. The summed E-state index contributed by atoms with van der Waals surface area (Å²) in [5.74, 6) is 0.425. The van der Waals surface area contributed by atoms with Crippen LogP contribution in [0, 0.1) is 17.2 Å². The SMILES string of the molecule is CC(C)CCN(C)S(=O)(=O)c1ccc(C#N)cc1Cl. The molecule has 0 unspecified atom stereocenters. The largest absolute Gasteiger partial charge is 0.244 e. The minimum Gasteiger partial charge on any atom is -0.207 e. The Bertz CT molecular complexity index is 591. The molecule has 0 fully saturated rings. The lowest BCUT2D eigenvalue weighted by molar-refractivity contribution is 0.428. The summed E-state index contributed by atoms with van der Waals surface area (Å²) in [4.78, 5) is 0.0411. The van der Waals surface area contributed by atoms with Gasteiger partial charge in [-0.05, 0) is 30.5 Å². The van der Waals surface area contributed by atoms with Gasteiger partial charge in [-0.2, -0.15) is 5.26 Å². The number of rotatable bonds is 5. The van der Waals surface area contributed by atoms with Crippen LogP contribution < -0.4 is 0 Å². The van der Waals surface area contributed by atoms with Crippen LogP contribution in [0.15, 0.2) is 23.1 Å². The molecule has 0 saturated carbocycles. The third kappa shape index (κ3) is 3.93. The van der Waals surface area contributed by atoms with Crippen LogP contribution in [0.2, 0.25) is 5.02 Å². The Hall–Kier alpha value is -1.09. The topological polar surface area (TPSA) is 61.2 Å². The third-order valence-corrected chi connectivity index (χ3v) is 5.11. The van der Waals surface area contributed by atoms with E-state index in [1.54, 1.807) is 0 Å². The molecule has 0 radical (unpaired) electrons. The van der Waals surface area contributed by atoms with E-state index in [1.807, 2.05) is 19.9 Å². The zero-order chi connectivity index (χ0) is 14.6. The smallest absolute Gasteiger partial charge is 0.207 e. The van der Waals surface area contributed by atoms with E-state index in [0.29, 0.717) is 18.0 Å². The van der Waals surface area contributed by atoms with Gasteiger partial charge < -0.3 is 0 Å². The van der Waals surface area contributed by atoms with Crippen molar-refractivity contribution in [3.05, 3.63) is 28.8 Å². The number of hydrogen-bond donors (Lipinski definition) is 0. The van der Waals surface area contributed by atoms with E-state index in [9.17, 15) is 8.42 Å². The van der Waals surface area contributed by atoms with Crippen LogP contribution in [0.25, 0.3) is 0 Å². The second-order valence-electron chi connectivity index (χ2n) is 4.77. The lowest BCUT2D eigenvalue weighted by Crippen LogP contribution is -2.28. The number of hydrogen-bond acceptors (Lipinski definition) is 3. The maximum atomic E-state index is 12.3. The van der Waals surface area contributed by atoms with Crippen molar-refractivity contribution in [2.75, 3.05) is 13.6 Å². The van der Waals surface area contributed by atoms with Gasteiger partial charge in [-0.1, -0.05) is 25.4 Å². The molecule has 0 saturated heterocycles. The van der Waals surface area contributed by atoms with Crippen molar-refractivity contribution in [1.82, 2.24) is 4.31 Å². The zero-order valence-electron chi connectivity index (χ0n) is 11.2. The minimum atomic E-state index is -3.60. The van der Waals surface area contributed by atoms with E-state index in [0.717, 1.165) is 6.42 Å². The summed E-state index contributed by atoms with van der Waals surface area (Å²) >= 11 is 5.94. The number of sulfonamides is 1. The Labute approximate surface area is 119 Å². The van der Waals surface area contributed by atoms with Crippen molar-refractivity contribution in [3.8, 4) is 6.07 Å². The lowest BCUT2D eigenvalue weighted by atomic mass is 10.1. The maximum absolute atomic E-state index is 12.3. The van der Waals surface area contributed by atoms with Gasteiger partial charge in [0.1, 0.15) is 4.90 Å². The summed E-state index contributed by atoms with van der Waals surface area (Å²) < 4.78 is 25.9. The fourth-order valence-corrected chi connectivity index (χ4v) is 3.21. The molecule has 1 aromatic carbocycles. The molecule has 0 aromatic heterocycles. The molecule has 0 N–H and O–H groups in total. The van der Waals surface area contributed by atoms with Crippen LogP contribution in [0.1, 0.15) is 25.8 Å². The first-order chi connectivity index (χ1) is 8.78. The van der Waals surface area contributed by atoms with Gasteiger partial charge in [-0.3, -0.25) is 0 Å². The summed E-state index contributed by atoms with van der Waals surface area (Å²) in [7, 11) is -2.06. The molecule has 0 aliphatic heterocycles. The number of nitriles is 1. The molecule has 4 nitrogen and oxygen atoms in total. The Morgan fingerprint density at radius 2 is 2.05 bits per heavy atom. The molecule has 0 spiro atoms. The molecule has 0 heterocycles. The number of benzene rings is 1. The fourth-order valence-electron chi connectivity index (χ4n) is 1.51. The third-order valence-electron chi connectivity index (χ3n) is 2.77. The van der Waals surface area contributed by atoms with E-state index >= 15 is 0 Å². The van der Waals surface area contributed by atoms with E-state index < -0.39 is 10.0 Å². The summed E-state index contributed by atoms with van der Waals surface area (Å²) in [6.07, 6.45) is 0.781. The molecular weight excluding hydrogens is 284 g/mol. The van der Waals surface area contributed by atoms with E-state index in [1.165, 1.54) is 29.6 Å². The van der Waals surface area contributed by atoms with Crippen LogP contribution in [0.5, 0.6) is 0 Å². The van der Waals surface area contributed by atoms with Crippen molar-refractivity contribution in [3.63, 3.8) is 0 Å². The van der Waals surface area contributed by atoms with E-state index in [-0.39, 0.29) is 9.92 Å². The summed E-state index contributed by atoms with van der Waals surface area (Å²) in [6, 6.07) is 6.12. The van der Waals surface area contributed by atoms with Gasteiger partial charge >= 0.3 is 0 Å². The molecule has 0 amide bonds. The highest BCUT2D eigenvalue weighted by atomic mass is 35.5. The van der Waals surface area contributed by atoms with Gasteiger partial charge in [-0.25, -0.2) is 12.7 Å². The minimum absolute atomic E-state index is 0.0411. The van der Waals surface area contributed by atoms with Crippen LogP contribution in [-0.2, 0) is 10.0 Å². The molecule has 0 atom stereocenters. The second kappa shape index (κ2) is 6.38. The Kier molecular flexibility index (Phi) is 5.36. The van der Waals surface area contributed by atoms with Gasteiger partial charge in [0.25, 0.3) is 0 Å². The molecule has 1 rings (SSSR count). The quantitative estimate of drug-likeness (QED) is 0.840. The number of halogens is 1. The van der Waals surface area contributed by atoms with Crippen LogP contribution in [-0.4, -0.2) is 26.3 Å². The van der Waals surface area contributed by atoms with Crippen molar-refractivity contribution in [1.29, 1.82) is 5.26 Å². The highest BCUT2D eigenvalue weighted by molar-refractivity contribution is 7.89. The molecule has 19 heavy (non-hydrogen) atoms. The van der Waals surface area contributed by atoms with E-state index in [2.05, 4.69) is 0 Å². The normalized spacial score (nSPS) is 11.8. The molecule has 1 aromatic rings.